The lowest BCUT2D eigenvalue weighted by molar-refractivity contribution is 0.734. The molecule has 6 aromatic rings. The number of nitrogens with zero attached hydrogens (tertiary/aromatic N) is 2. The van der Waals surface area contributed by atoms with Crippen LogP contribution in [-0.2, 0) is 13.1 Å². The highest BCUT2D eigenvalue weighted by molar-refractivity contribution is 7.71. The second kappa shape index (κ2) is 11.6. The molecule has 0 fully saturated rings. The lowest BCUT2D eigenvalue weighted by atomic mass is 10.1. The molecular formula is C31H26N4O2S2. The van der Waals surface area contributed by atoms with Crippen LogP contribution in [0.1, 0.15) is 16.7 Å². The number of hydrogen-bond donors (Lipinski definition) is 2. The van der Waals surface area contributed by atoms with Gasteiger partial charge in [-0.2, -0.15) is 0 Å². The molecule has 0 radical (unpaired) electrons. The van der Waals surface area contributed by atoms with Crippen LogP contribution < -0.4 is 11.1 Å². The van der Waals surface area contributed by atoms with Gasteiger partial charge in [-0.1, -0.05) is 84.4 Å². The van der Waals surface area contributed by atoms with Crippen LogP contribution in [0.5, 0.6) is 0 Å². The SMILES string of the molecule is Cc1ccc(Cn2c(=S)[nH]c3ccccc3c2=O)cc1.O=c1c2ccccc2[nH]c(=S)n1Cc1ccccc1. The van der Waals surface area contributed by atoms with Crippen LogP contribution in [0.2, 0.25) is 0 Å². The minimum atomic E-state index is -0.0526. The summed E-state index contributed by atoms with van der Waals surface area (Å²) < 4.78 is 4.09. The Balaban J connectivity index is 0.000000158. The van der Waals surface area contributed by atoms with E-state index >= 15 is 0 Å². The van der Waals surface area contributed by atoms with Gasteiger partial charge >= 0.3 is 0 Å². The van der Waals surface area contributed by atoms with Crippen LogP contribution >= 0.6 is 24.4 Å². The fraction of sp³-hybridized carbons (Fsp3) is 0.0968. The Bertz CT molecular complexity index is 2000. The largest absolute Gasteiger partial charge is 0.332 e. The maximum Gasteiger partial charge on any atom is 0.262 e. The first-order valence-electron chi connectivity index (χ1n) is 12.4. The fourth-order valence-corrected chi connectivity index (χ4v) is 4.84. The van der Waals surface area contributed by atoms with Crippen LogP contribution in [0.25, 0.3) is 21.8 Å². The molecule has 6 rings (SSSR count). The van der Waals surface area contributed by atoms with Gasteiger partial charge < -0.3 is 9.97 Å². The monoisotopic (exact) mass is 550 g/mol. The van der Waals surface area contributed by atoms with Gasteiger partial charge in [0.05, 0.1) is 34.9 Å². The zero-order valence-electron chi connectivity index (χ0n) is 21.3. The number of hydrogen-bond acceptors (Lipinski definition) is 4. The molecule has 0 saturated carbocycles. The van der Waals surface area contributed by atoms with Gasteiger partial charge in [0.15, 0.2) is 9.54 Å². The zero-order chi connectivity index (χ0) is 27.4. The maximum atomic E-state index is 12.5. The number of rotatable bonds is 4. The van der Waals surface area contributed by atoms with Crippen LogP contribution in [0.4, 0.5) is 0 Å². The third-order valence-electron chi connectivity index (χ3n) is 6.42. The Morgan fingerprint density at radius 2 is 0.974 bits per heavy atom. The van der Waals surface area contributed by atoms with Crippen molar-refractivity contribution in [2.45, 2.75) is 20.0 Å². The molecule has 0 atom stereocenters. The first-order chi connectivity index (χ1) is 18.9. The number of H-pyrrole nitrogens is 2. The standard InChI is InChI=1S/C16H14N2OS.C15H12N2OS/c1-11-6-8-12(9-7-11)10-18-15(19)13-4-2-3-5-14(13)17-16(18)20;18-14-12-8-4-5-9-13(12)16-15(19)17(14)10-11-6-2-1-3-7-11/h2-9H,10H2,1H3,(H,17,20);1-9H,10H2,(H,16,19). The molecule has 0 aliphatic carbocycles. The summed E-state index contributed by atoms with van der Waals surface area (Å²) in [4.78, 5) is 31.1. The topological polar surface area (TPSA) is 75.6 Å². The van der Waals surface area contributed by atoms with Crippen molar-refractivity contribution >= 4 is 46.2 Å². The van der Waals surface area contributed by atoms with E-state index in [4.69, 9.17) is 24.4 Å². The molecule has 194 valence electrons. The van der Waals surface area contributed by atoms with Gasteiger partial charge in [0, 0.05) is 0 Å². The molecule has 8 heteroatoms. The number of fused-ring (bicyclic) bond motifs is 2. The Kier molecular flexibility index (Phi) is 7.76. The fourth-order valence-electron chi connectivity index (χ4n) is 4.33. The van der Waals surface area contributed by atoms with E-state index in [-0.39, 0.29) is 11.1 Å². The number of para-hydroxylation sites is 2. The van der Waals surface area contributed by atoms with Crippen molar-refractivity contribution in [2.24, 2.45) is 0 Å². The van der Waals surface area contributed by atoms with Gasteiger partial charge in [-0.3, -0.25) is 18.7 Å². The quantitative estimate of drug-likeness (QED) is 0.245. The van der Waals surface area contributed by atoms with E-state index in [0.29, 0.717) is 33.4 Å². The molecule has 6 nitrogen and oxygen atoms in total. The molecule has 0 unspecified atom stereocenters. The highest BCUT2D eigenvalue weighted by Gasteiger charge is 2.06. The molecule has 0 aliphatic heterocycles. The van der Waals surface area contributed by atoms with Crippen molar-refractivity contribution in [1.82, 2.24) is 19.1 Å². The molecule has 39 heavy (non-hydrogen) atoms. The minimum Gasteiger partial charge on any atom is -0.332 e. The third-order valence-corrected chi connectivity index (χ3v) is 7.07. The Hall–Kier alpha value is -4.40. The maximum absolute atomic E-state index is 12.5. The molecule has 0 amide bonds. The normalized spacial score (nSPS) is 10.8. The second-order valence-corrected chi connectivity index (χ2v) is 9.98. The van der Waals surface area contributed by atoms with Gasteiger partial charge in [-0.05, 0) is 66.8 Å². The van der Waals surface area contributed by atoms with E-state index in [2.05, 4.69) is 9.97 Å². The average Bonchev–Trinajstić information content (AvgIpc) is 2.95. The van der Waals surface area contributed by atoms with E-state index in [9.17, 15) is 9.59 Å². The molecule has 4 aromatic carbocycles. The smallest absolute Gasteiger partial charge is 0.262 e. The first-order valence-corrected chi connectivity index (χ1v) is 13.3. The molecule has 0 spiro atoms. The van der Waals surface area contributed by atoms with Crippen LogP contribution in [0.3, 0.4) is 0 Å². The number of nitrogens with one attached hydrogen (secondary N) is 2. The predicted molar refractivity (Wildman–Crippen MR) is 163 cm³/mol. The minimum absolute atomic E-state index is 0.0510. The number of aromatic amines is 2. The van der Waals surface area contributed by atoms with Gasteiger partial charge in [0.2, 0.25) is 0 Å². The number of aromatic nitrogens is 4. The lowest BCUT2D eigenvalue weighted by Gasteiger charge is -2.08. The zero-order valence-corrected chi connectivity index (χ0v) is 22.9. The summed E-state index contributed by atoms with van der Waals surface area (Å²) in [6, 6.07) is 32.8. The van der Waals surface area contributed by atoms with Crippen molar-refractivity contribution in [1.29, 1.82) is 0 Å². The Morgan fingerprint density at radius 1 is 0.564 bits per heavy atom. The summed E-state index contributed by atoms with van der Waals surface area (Å²) in [5.41, 5.74) is 4.77. The van der Waals surface area contributed by atoms with E-state index < -0.39 is 0 Å². The summed E-state index contributed by atoms with van der Waals surface area (Å²) in [6.45, 7) is 3.01. The average molecular weight is 551 g/mol. The van der Waals surface area contributed by atoms with Crippen LogP contribution in [-0.4, -0.2) is 19.1 Å². The molecule has 2 aromatic heterocycles. The van der Waals surface area contributed by atoms with Crippen molar-refractivity contribution in [3.8, 4) is 0 Å². The van der Waals surface area contributed by atoms with Crippen molar-refractivity contribution in [2.75, 3.05) is 0 Å². The second-order valence-electron chi connectivity index (χ2n) is 9.21. The summed E-state index contributed by atoms with van der Waals surface area (Å²) in [7, 11) is 0. The highest BCUT2D eigenvalue weighted by Crippen LogP contribution is 2.10. The molecular weight excluding hydrogens is 525 g/mol. The van der Waals surface area contributed by atoms with Crippen molar-refractivity contribution < 1.29 is 0 Å². The summed E-state index contributed by atoms with van der Waals surface area (Å²) >= 11 is 10.6. The summed E-state index contributed by atoms with van der Waals surface area (Å²) in [5.74, 6) is 0. The Morgan fingerprint density at radius 3 is 1.46 bits per heavy atom. The number of benzene rings is 4. The van der Waals surface area contributed by atoms with Crippen molar-refractivity contribution in [3.05, 3.63) is 150 Å². The van der Waals surface area contributed by atoms with E-state index in [1.165, 1.54) is 5.56 Å². The molecule has 2 N–H and O–H groups in total. The number of aryl methyl sites for hydroxylation is 1. The van der Waals surface area contributed by atoms with Crippen LogP contribution in [0, 0.1) is 16.5 Å². The summed E-state index contributed by atoms with van der Waals surface area (Å²) in [6.07, 6.45) is 0. The molecule has 0 bridgehead atoms. The predicted octanol–water partition coefficient (Wildman–Crippen LogP) is 6.52. The molecule has 0 saturated heterocycles. The van der Waals surface area contributed by atoms with Gasteiger partial charge in [-0.15, -0.1) is 0 Å². The molecule has 0 aliphatic rings. The van der Waals surface area contributed by atoms with E-state index in [1.54, 1.807) is 9.13 Å². The van der Waals surface area contributed by atoms with Crippen molar-refractivity contribution in [3.63, 3.8) is 0 Å². The van der Waals surface area contributed by atoms with E-state index in [1.807, 2.05) is 110 Å². The Labute approximate surface area is 234 Å². The summed E-state index contributed by atoms with van der Waals surface area (Å²) in [5, 5.41) is 1.32. The highest BCUT2D eigenvalue weighted by atomic mass is 32.1. The van der Waals surface area contributed by atoms with E-state index in [0.717, 1.165) is 22.2 Å². The van der Waals surface area contributed by atoms with Gasteiger partial charge in [0.1, 0.15) is 0 Å². The lowest BCUT2D eigenvalue weighted by Crippen LogP contribution is -2.22. The first kappa shape index (κ1) is 26.2. The van der Waals surface area contributed by atoms with Gasteiger partial charge in [0.25, 0.3) is 11.1 Å². The van der Waals surface area contributed by atoms with Gasteiger partial charge in [-0.25, -0.2) is 0 Å². The third kappa shape index (κ3) is 5.87. The molecule has 2 heterocycles. The van der Waals surface area contributed by atoms with Crippen LogP contribution in [0.15, 0.2) is 113 Å².